The summed E-state index contributed by atoms with van der Waals surface area (Å²) in [5, 5.41) is 4.20. The number of anilines is 1. The van der Waals surface area contributed by atoms with Crippen molar-refractivity contribution in [2.75, 3.05) is 45.3 Å². The Morgan fingerprint density at radius 2 is 1.93 bits per heavy atom. The van der Waals surface area contributed by atoms with Gasteiger partial charge in [-0.15, -0.1) is 0 Å². The number of aromatic nitrogens is 1. The van der Waals surface area contributed by atoms with Gasteiger partial charge in [-0.25, -0.2) is 13.4 Å². The molecule has 0 amide bonds. The van der Waals surface area contributed by atoms with Crippen LogP contribution in [0.4, 0.5) is 5.13 Å². The molecule has 0 bridgehead atoms. The quantitative estimate of drug-likeness (QED) is 0.617. The summed E-state index contributed by atoms with van der Waals surface area (Å²) in [4.78, 5) is 4.90. The highest BCUT2D eigenvalue weighted by Crippen LogP contribution is 2.29. The van der Waals surface area contributed by atoms with Gasteiger partial charge in [-0.1, -0.05) is 23.5 Å². The van der Waals surface area contributed by atoms with Crippen molar-refractivity contribution >= 4 is 36.7 Å². The van der Waals surface area contributed by atoms with Crippen LogP contribution in [0.5, 0.6) is 5.75 Å². The van der Waals surface area contributed by atoms with E-state index in [1.54, 1.807) is 30.6 Å². The fraction of sp³-hybridized carbons (Fsp3) is 0.350. The second-order valence-electron chi connectivity index (χ2n) is 6.69. The maximum Gasteiger partial charge on any atom is 0.243 e. The summed E-state index contributed by atoms with van der Waals surface area (Å²) < 4.78 is 38.4. The normalized spacial score (nSPS) is 15.5. The predicted octanol–water partition coefficient (Wildman–Crippen LogP) is 2.98. The van der Waals surface area contributed by atoms with Crippen LogP contribution in [0, 0.1) is 0 Å². The molecule has 2 heterocycles. The van der Waals surface area contributed by atoms with Crippen molar-refractivity contribution in [2.45, 2.75) is 11.3 Å². The standard InChI is InChI=1S/C20H23N3O4S2/c1-26-16-4-7-18-19(14-16)28-20(22-18)21-9-8-15-2-5-17(6-3-15)29(24,25)23-10-12-27-13-11-23/h2-7,14H,8-13H2,1H3,(H,21,22). The summed E-state index contributed by atoms with van der Waals surface area (Å²) in [5.41, 5.74) is 2.01. The smallest absolute Gasteiger partial charge is 0.243 e. The number of nitrogens with zero attached hydrogens (tertiary/aromatic N) is 2. The number of fused-ring (bicyclic) bond motifs is 1. The van der Waals surface area contributed by atoms with Gasteiger partial charge in [-0.3, -0.25) is 0 Å². The molecule has 2 aromatic carbocycles. The largest absolute Gasteiger partial charge is 0.497 e. The summed E-state index contributed by atoms with van der Waals surface area (Å²) in [6.07, 6.45) is 0.775. The van der Waals surface area contributed by atoms with Crippen molar-refractivity contribution in [1.29, 1.82) is 0 Å². The lowest BCUT2D eigenvalue weighted by Crippen LogP contribution is -2.40. The van der Waals surface area contributed by atoms with Crippen molar-refractivity contribution < 1.29 is 17.9 Å². The van der Waals surface area contributed by atoms with Gasteiger partial charge in [0.15, 0.2) is 5.13 Å². The Labute approximate surface area is 174 Å². The van der Waals surface area contributed by atoms with Crippen molar-refractivity contribution in [3.8, 4) is 5.75 Å². The van der Waals surface area contributed by atoms with Crippen LogP contribution >= 0.6 is 11.3 Å². The zero-order valence-corrected chi connectivity index (χ0v) is 17.8. The molecule has 0 spiro atoms. The monoisotopic (exact) mass is 433 g/mol. The Balaban J connectivity index is 1.35. The van der Waals surface area contributed by atoms with Gasteiger partial charge in [0, 0.05) is 19.6 Å². The van der Waals surface area contributed by atoms with Crippen LogP contribution < -0.4 is 10.1 Å². The first-order valence-electron chi connectivity index (χ1n) is 9.41. The highest BCUT2D eigenvalue weighted by atomic mass is 32.2. The summed E-state index contributed by atoms with van der Waals surface area (Å²) in [6.45, 7) is 2.42. The average Bonchev–Trinajstić information content (AvgIpc) is 3.16. The predicted molar refractivity (Wildman–Crippen MR) is 114 cm³/mol. The maximum absolute atomic E-state index is 12.7. The van der Waals surface area contributed by atoms with Gasteiger partial charge in [-0.2, -0.15) is 4.31 Å². The molecule has 4 rings (SSSR count). The summed E-state index contributed by atoms with van der Waals surface area (Å²) in [6, 6.07) is 12.9. The Kier molecular flexibility index (Phi) is 6.00. The van der Waals surface area contributed by atoms with E-state index < -0.39 is 10.0 Å². The zero-order valence-electron chi connectivity index (χ0n) is 16.1. The molecule has 0 atom stereocenters. The first-order valence-corrected chi connectivity index (χ1v) is 11.7. The van der Waals surface area contributed by atoms with Crippen LogP contribution in [0.15, 0.2) is 47.4 Å². The number of methoxy groups -OCH3 is 1. The molecule has 1 saturated heterocycles. The second-order valence-corrected chi connectivity index (χ2v) is 9.66. The average molecular weight is 434 g/mol. The van der Waals surface area contributed by atoms with Crippen molar-refractivity contribution in [3.05, 3.63) is 48.0 Å². The number of rotatable bonds is 7. The molecular formula is C20H23N3O4S2. The molecule has 1 N–H and O–H groups in total. The number of hydrogen-bond acceptors (Lipinski definition) is 7. The van der Waals surface area contributed by atoms with E-state index in [1.807, 2.05) is 30.3 Å². The number of hydrogen-bond donors (Lipinski definition) is 1. The molecular weight excluding hydrogens is 410 g/mol. The number of thiazole rings is 1. The van der Waals surface area contributed by atoms with Crippen molar-refractivity contribution in [2.24, 2.45) is 0 Å². The van der Waals surface area contributed by atoms with Crippen LogP contribution in [0.25, 0.3) is 10.2 Å². The van der Waals surface area contributed by atoms with Crippen molar-refractivity contribution in [1.82, 2.24) is 9.29 Å². The topological polar surface area (TPSA) is 80.8 Å². The van der Waals surface area contributed by atoms with E-state index in [2.05, 4.69) is 10.3 Å². The molecule has 0 radical (unpaired) electrons. The van der Waals surface area contributed by atoms with Gasteiger partial charge in [0.05, 0.1) is 35.4 Å². The maximum atomic E-state index is 12.7. The third-order valence-electron chi connectivity index (χ3n) is 4.82. The SMILES string of the molecule is COc1ccc2nc(NCCc3ccc(S(=O)(=O)N4CCOCC4)cc3)sc2c1. The molecule has 1 aliphatic heterocycles. The second kappa shape index (κ2) is 8.66. The fourth-order valence-electron chi connectivity index (χ4n) is 3.19. The zero-order chi connectivity index (χ0) is 20.3. The highest BCUT2D eigenvalue weighted by molar-refractivity contribution is 7.89. The third-order valence-corrected chi connectivity index (χ3v) is 7.71. The molecule has 0 unspecified atom stereocenters. The third kappa shape index (κ3) is 4.53. The number of benzene rings is 2. The van der Waals surface area contributed by atoms with Gasteiger partial charge in [0.2, 0.25) is 10.0 Å². The van der Waals surface area contributed by atoms with E-state index in [-0.39, 0.29) is 0 Å². The first-order chi connectivity index (χ1) is 14.1. The van der Waals surface area contributed by atoms with Crippen LogP contribution in [0.3, 0.4) is 0 Å². The Morgan fingerprint density at radius 3 is 2.66 bits per heavy atom. The molecule has 7 nitrogen and oxygen atoms in total. The number of ether oxygens (including phenoxy) is 2. The molecule has 29 heavy (non-hydrogen) atoms. The van der Waals surface area contributed by atoms with Crippen LogP contribution in [-0.4, -0.2) is 57.7 Å². The van der Waals surface area contributed by atoms with E-state index in [9.17, 15) is 8.42 Å². The van der Waals surface area contributed by atoms with Crippen LogP contribution in [-0.2, 0) is 21.2 Å². The Bertz CT molecular complexity index is 1070. The minimum atomic E-state index is -3.44. The Morgan fingerprint density at radius 1 is 1.17 bits per heavy atom. The number of sulfonamides is 1. The van der Waals surface area contributed by atoms with E-state index in [4.69, 9.17) is 9.47 Å². The molecule has 154 valence electrons. The number of nitrogens with one attached hydrogen (secondary N) is 1. The lowest BCUT2D eigenvalue weighted by atomic mass is 10.1. The minimum absolute atomic E-state index is 0.330. The van der Waals surface area contributed by atoms with E-state index in [0.717, 1.165) is 33.1 Å². The van der Waals surface area contributed by atoms with Gasteiger partial charge in [0.1, 0.15) is 5.75 Å². The molecule has 3 aromatic rings. The molecule has 1 fully saturated rings. The first kappa shape index (κ1) is 20.1. The molecule has 1 aliphatic rings. The molecule has 1 aromatic heterocycles. The minimum Gasteiger partial charge on any atom is -0.497 e. The Hall–Kier alpha value is -2.20. The summed E-state index contributed by atoms with van der Waals surface area (Å²) in [7, 11) is -1.79. The molecule has 9 heteroatoms. The molecule has 0 aliphatic carbocycles. The van der Waals surface area contributed by atoms with Crippen LogP contribution in [0.1, 0.15) is 5.56 Å². The van der Waals surface area contributed by atoms with E-state index >= 15 is 0 Å². The summed E-state index contributed by atoms with van der Waals surface area (Å²) in [5.74, 6) is 0.819. The van der Waals surface area contributed by atoms with Gasteiger partial charge in [0.25, 0.3) is 0 Å². The van der Waals surface area contributed by atoms with Gasteiger partial charge in [-0.05, 0) is 42.3 Å². The van der Waals surface area contributed by atoms with Crippen molar-refractivity contribution in [3.63, 3.8) is 0 Å². The molecule has 0 saturated carbocycles. The van der Waals surface area contributed by atoms with E-state index in [1.165, 1.54) is 4.31 Å². The van der Waals surface area contributed by atoms with E-state index in [0.29, 0.717) is 37.7 Å². The lowest BCUT2D eigenvalue weighted by molar-refractivity contribution is 0.0730. The van der Waals surface area contributed by atoms with Gasteiger partial charge < -0.3 is 14.8 Å². The number of morpholine rings is 1. The fourth-order valence-corrected chi connectivity index (χ4v) is 5.51. The van der Waals surface area contributed by atoms with Crippen LogP contribution in [0.2, 0.25) is 0 Å². The summed E-state index contributed by atoms with van der Waals surface area (Å²) >= 11 is 1.59. The lowest BCUT2D eigenvalue weighted by Gasteiger charge is -2.26. The van der Waals surface area contributed by atoms with Gasteiger partial charge >= 0.3 is 0 Å². The highest BCUT2D eigenvalue weighted by Gasteiger charge is 2.25.